The maximum Gasteiger partial charge on any atom is 0.223 e. The second-order valence-electron chi connectivity index (χ2n) is 4.37. The zero-order chi connectivity index (χ0) is 11.5. The van der Waals surface area contributed by atoms with Crippen molar-refractivity contribution in [3.8, 4) is 0 Å². The normalized spacial score (nSPS) is 14.6. The van der Waals surface area contributed by atoms with Crippen LogP contribution < -0.4 is 10.2 Å². The van der Waals surface area contributed by atoms with Crippen LogP contribution in [-0.2, 0) is 11.3 Å². The lowest BCUT2D eigenvalue weighted by Crippen LogP contribution is -2.25. The molecular weight excluding hydrogens is 202 g/mol. The molecule has 1 fully saturated rings. The van der Waals surface area contributed by atoms with Crippen molar-refractivity contribution in [2.75, 3.05) is 19.0 Å². The van der Waals surface area contributed by atoms with Gasteiger partial charge in [-0.05, 0) is 18.9 Å². The molecule has 1 heterocycles. The number of nitrogens with one attached hydrogen (secondary N) is 1. The molecule has 1 aromatic heterocycles. The number of anilines is 1. The van der Waals surface area contributed by atoms with Gasteiger partial charge in [0.05, 0.1) is 0 Å². The average Bonchev–Trinajstić information content (AvgIpc) is 3.10. The van der Waals surface area contributed by atoms with Crippen molar-refractivity contribution in [3.63, 3.8) is 0 Å². The van der Waals surface area contributed by atoms with Crippen LogP contribution in [0, 0.1) is 5.92 Å². The van der Waals surface area contributed by atoms with Gasteiger partial charge in [-0.25, -0.2) is 4.98 Å². The topological polar surface area (TPSA) is 45.2 Å². The van der Waals surface area contributed by atoms with Crippen LogP contribution in [0.2, 0.25) is 0 Å². The van der Waals surface area contributed by atoms with Crippen molar-refractivity contribution in [2.24, 2.45) is 5.92 Å². The lowest BCUT2D eigenvalue weighted by molar-refractivity contribution is -0.122. The van der Waals surface area contributed by atoms with Crippen molar-refractivity contribution in [3.05, 3.63) is 23.9 Å². The summed E-state index contributed by atoms with van der Waals surface area (Å²) in [7, 11) is 3.91. The fourth-order valence-corrected chi connectivity index (χ4v) is 1.64. The van der Waals surface area contributed by atoms with Crippen LogP contribution in [0.15, 0.2) is 18.3 Å². The van der Waals surface area contributed by atoms with E-state index in [0.29, 0.717) is 6.54 Å². The molecule has 2 rings (SSSR count). The van der Waals surface area contributed by atoms with E-state index in [0.717, 1.165) is 24.2 Å². The molecule has 4 nitrogen and oxygen atoms in total. The number of pyridine rings is 1. The van der Waals surface area contributed by atoms with Crippen LogP contribution in [0.5, 0.6) is 0 Å². The predicted octanol–water partition coefficient (Wildman–Crippen LogP) is 1.17. The Labute approximate surface area is 95.7 Å². The third kappa shape index (κ3) is 2.51. The van der Waals surface area contributed by atoms with Gasteiger partial charge in [-0.3, -0.25) is 4.79 Å². The highest BCUT2D eigenvalue weighted by molar-refractivity contribution is 5.80. The number of carbonyl (C=O) groups excluding carboxylic acids is 1. The van der Waals surface area contributed by atoms with Gasteiger partial charge in [0, 0.05) is 38.3 Å². The molecule has 4 heteroatoms. The Morgan fingerprint density at radius 1 is 1.56 bits per heavy atom. The molecule has 86 valence electrons. The molecule has 0 aliphatic heterocycles. The largest absolute Gasteiger partial charge is 0.362 e. The van der Waals surface area contributed by atoms with Gasteiger partial charge in [-0.15, -0.1) is 0 Å². The third-order valence-electron chi connectivity index (χ3n) is 2.69. The number of carbonyl (C=O) groups is 1. The van der Waals surface area contributed by atoms with Gasteiger partial charge in [0.2, 0.25) is 5.91 Å². The second-order valence-corrected chi connectivity index (χ2v) is 4.37. The molecule has 0 unspecified atom stereocenters. The summed E-state index contributed by atoms with van der Waals surface area (Å²) in [6, 6.07) is 3.89. The van der Waals surface area contributed by atoms with Gasteiger partial charge in [0.1, 0.15) is 5.82 Å². The Kier molecular flexibility index (Phi) is 3.08. The smallest absolute Gasteiger partial charge is 0.223 e. The molecule has 0 spiro atoms. The predicted molar refractivity (Wildman–Crippen MR) is 63.1 cm³/mol. The Balaban J connectivity index is 1.99. The maximum atomic E-state index is 11.5. The number of nitrogens with zero attached hydrogens (tertiary/aromatic N) is 2. The molecule has 1 aromatic rings. The molecule has 0 atom stereocenters. The summed E-state index contributed by atoms with van der Waals surface area (Å²) in [4.78, 5) is 17.8. The first-order valence-corrected chi connectivity index (χ1v) is 5.57. The van der Waals surface area contributed by atoms with E-state index in [9.17, 15) is 4.79 Å². The highest BCUT2D eigenvalue weighted by atomic mass is 16.2. The van der Waals surface area contributed by atoms with Crippen LogP contribution in [0.25, 0.3) is 0 Å². The minimum Gasteiger partial charge on any atom is -0.362 e. The molecule has 1 aliphatic carbocycles. The Morgan fingerprint density at radius 3 is 2.94 bits per heavy atom. The summed E-state index contributed by atoms with van der Waals surface area (Å²) in [5, 5.41) is 2.95. The van der Waals surface area contributed by atoms with Crippen LogP contribution in [0.3, 0.4) is 0 Å². The lowest BCUT2D eigenvalue weighted by Gasteiger charge is -2.15. The van der Waals surface area contributed by atoms with Crippen molar-refractivity contribution in [1.29, 1.82) is 0 Å². The summed E-state index contributed by atoms with van der Waals surface area (Å²) in [6.07, 6.45) is 3.85. The fourth-order valence-electron chi connectivity index (χ4n) is 1.64. The maximum absolute atomic E-state index is 11.5. The first-order valence-electron chi connectivity index (χ1n) is 5.57. The molecule has 1 saturated carbocycles. The molecule has 1 N–H and O–H groups in total. The van der Waals surface area contributed by atoms with E-state index >= 15 is 0 Å². The first kappa shape index (κ1) is 10.9. The van der Waals surface area contributed by atoms with Crippen molar-refractivity contribution in [1.82, 2.24) is 10.3 Å². The molecule has 1 aliphatic rings. The van der Waals surface area contributed by atoms with Crippen LogP contribution >= 0.6 is 0 Å². The average molecular weight is 219 g/mol. The first-order chi connectivity index (χ1) is 7.68. The minimum atomic E-state index is 0.175. The van der Waals surface area contributed by atoms with Crippen LogP contribution in [0.1, 0.15) is 18.4 Å². The number of amides is 1. The fraction of sp³-hybridized carbons (Fsp3) is 0.500. The van der Waals surface area contributed by atoms with E-state index in [2.05, 4.69) is 10.3 Å². The second kappa shape index (κ2) is 4.51. The van der Waals surface area contributed by atoms with Gasteiger partial charge in [-0.2, -0.15) is 0 Å². The molecule has 0 aromatic carbocycles. The summed E-state index contributed by atoms with van der Waals surface area (Å²) < 4.78 is 0. The van der Waals surface area contributed by atoms with E-state index in [-0.39, 0.29) is 11.8 Å². The molecule has 1 amide bonds. The van der Waals surface area contributed by atoms with E-state index in [4.69, 9.17) is 0 Å². The molecule has 0 saturated heterocycles. The van der Waals surface area contributed by atoms with E-state index in [1.54, 1.807) is 6.20 Å². The van der Waals surface area contributed by atoms with Gasteiger partial charge in [0.15, 0.2) is 0 Å². The lowest BCUT2D eigenvalue weighted by atomic mass is 10.2. The molecular formula is C12H17N3O. The third-order valence-corrected chi connectivity index (χ3v) is 2.69. The Morgan fingerprint density at radius 2 is 2.31 bits per heavy atom. The number of hydrogen-bond donors (Lipinski definition) is 1. The quantitative estimate of drug-likeness (QED) is 0.827. The minimum absolute atomic E-state index is 0.175. The van der Waals surface area contributed by atoms with E-state index in [1.807, 2.05) is 31.1 Å². The van der Waals surface area contributed by atoms with Crippen molar-refractivity contribution >= 4 is 11.7 Å². The van der Waals surface area contributed by atoms with Crippen LogP contribution in [-0.4, -0.2) is 25.0 Å². The Bertz CT molecular complexity index is 386. The highest BCUT2D eigenvalue weighted by Crippen LogP contribution is 2.28. The SMILES string of the molecule is CN(C)c1ncccc1CNC(=O)C1CC1. The molecule has 16 heavy (non-hydrogen) atoms. The Hall–Kier alpha value is -1.58. The van der Waals surface area contributed by atoms with Gasteiger partial charge in [0.25, 0.3) is 0 Å². The van der Waals surface area contributed by atoms with Gasteiger partial charge in [-0.1, -0.05) is 6.07 Å². The van der Waals surface area contributed by atoms with Gasteiger partial charge >= 0.3 is 0 Å². The summed E-state index contributed by atoms with van der Waals surface area (Å²) in [5.41, 5.74) is 1.06. The zero-order valence-corrected chi connectivity index (χ0v) is 9.73. The highest BCUT2D eigenvalue weighted by Gasteiger charge is 2.29. The van der Waals surface area contributed by atoms with Gasteiger partial charge < -0.3 is 10.2 Å². The van der Waals surface area contributed by atoms with Crippen molar-refractivity contribution in [2.45, 2.75) is 19.4 Å². The molecule has 0 radical (unpaired) electrons. The summed E-state index contributed by atoms with van der Waals surface area (Å²) >= 11 is 0. The van der Waals surface area contributed by atoms with E-state index in [1.165, 1.54) is 0 Å². The summed E-state index contributed by atoms with van der Waals surface area (Å²) in [5.74, 6) is 1.35. The van der Waals surface area contributed by atoms with Crippen LogP contribution in [0.4, 0.5) is 5.82 Å². The van der Waals surface area contributed by atoms with Crippen molar-refractivity contribution < 1.29 is 4.79 Å². The van der Waals surface area contributed by atoms with E-state index < -0.39 is 0 Å². The monoisotopic (exact) mass is 219 g/mol. The molecule has 0 bridgehead atoms. The standard InChI is InChI=1S/C12H17N3O/c1-15(2)11-10(4-3-7-13-11)8-14-12(16)9-5-6-9/h3-4,7,9H,5-6,8H2,1-2H3,(H,14,16). The zero-order valence-electron chi connectivity index (χ0n) is 9.73. The summed E-state index contributed by atoms with van der Waals surface area (Å²) in [6.45, 7) is 0.566. The number of hydrogen-bond acceptors (Lipinski definition) is 3. The number of rotatable bonds is 4. The number of aromatic nitrogens is 1.